The van der Waals surface area contributed by atoms with Gasteiger partial charge in [-0.1, -0.05) is 41.9 Å². The average Bonchev–Trinajstić information content (AvgIpc) is 2.78. The number of benzene rings is 3. The Morgan fingerprint density at radius 2 is 1.87 bits per heavy atom. The van der Waals surface area contributed by atoms with Crippen LogP contribution < -0.4 is 14.9 Å². The van der Waals surface area contributed by atoms with Crippen molar-refractivity contribution in [1.29, 1.82) is 0 Å². The average molecular weight is 418 g/mol. The maximum Gasteiger partial charge on any atom is 0.162 e. The number of anilines is 1. The lowest BCUT2D eigenvalue weighted by Crippen LogP contribution is -1.99. The summed E-state index contributed by atoms with van der Waals surface area (Å²) in [5, 5.41) is 5.96. The zero-order valence-corrected chi connectivity index (χ0v) is 17.1. The molecule has 30 heavy (non-hydrogen) atoms. The molecule has 150 valence electrons. The Morgan fingerprint density at radius 3 is 2.70 bits per heavy atom. The minimum Gasteiger partial charge on any atom is -0.493 e. The molecule has 0 saturated carbocycles. The number of rotatable bonds is 7. The molecule has 0 aliphatic heterocycles. The van der Waals surface area contributed by atoms with Crippen LogP contribution in [0.5, 0.6) is 11.5 Å². The standard InChI is InChI=1S/C24H20ClN3O2/c1-29-23-10-7-18(13-24(23)30-16-17-5-3-2-4-6-17)15-27-28-21-11-12-26-22-14-19(25)8-9-20(21)22/h2-15H,16H2,1H3,(H,26,28). The monoisotopic (exact) mass is 417 g/mol. The molecule has 0 aliphatic carbocycles. The second-order valence-electron chi connectivity index (χ2n) is 6.57. The molecule has 0 bridgehead atoms. The van der Waals surface area contributed by atoms with Crippen LogP contribution in [0.3, 0.4) is 0 Å². The molecular formula is C24H20ClN3O2. The van der Waals surface area contributed by atoms with Gasteiger partial charge in [0.05, 0.1) is 24.5 Å². The number of aromatic nitrogens is 1. The van der Waals surface area contributed by atoms with Gasteiger partial charge in [0.15, 0.2) is 11.5 Å². The van der Waals surface area contributed by atoms with E-state index in [9.17, 15) is 0 Å². The number of nitrogens with one attached hydrogen (secondary N) is 1. The predicted octanol–water partition coefficient (Wildman–Crippen LogP) is 5.92. The van der Waals surface area contributed by atoms with Gasteiger partial charge in [0.2, 0.25) is 0 Å². The van der Waals surface area contributed by atoms with E-state index in [1.807, 2.05) is 72.8 Å². The van der Waals surface area contributed by atoms with Crippen molar-refractivity contribution in [2.24, 2.45) is 5.10 Å². The van der Waals surface area contributed by atoms with E-state index in [0.29, 0.717) is 23.1 Å². The maximum atomic E-state index is 6.05. The highest BCUT2D eigenvalue weighted by atomic mass is 35.5. The summed E-state index contributed by atoms with van der Waals surface area (Å²) in [6.07, 6.45) is 3.45. The lowest BCUT2D eigenvalue weighted by atomic mass is 10.2. The Bertz CT molecular complexity index is 1180. The van der Waals surface area contributed by atoms with Gasteiger partial charge in [-0.05, 0) is 53.6 Å². The molecule has 3 aromatic carbocycles. The van der Waals surface area contributed by atoms with E-state index in [4.69, 9.17) is 21.1 Å². The summed E-state index contributed by atoms with van der Waals surface area (Å²) in [4.78, 5) is 4.34. The smallest absolute Gasteiger partial charge is 0.162 e. The minimum atomic E-state index is 0.460. The number of fused-ring (bicyclic) bond motifs is 1. The molecule has 0 aliphatic rings. The Kier molecular flexibility index (Phi) is 6.11. The predicted molar refractivity (Wildman–Crippen MR) is 122 cm³/mol. The highest BCUT2D eigenvalue weighted by Gasteiger charge is 2.06. The van der Waals surface area contributed by atoms with E-state index >= 15 is 0 Å². The fourth-order valence-corrected chi connectivity index (χ4v) is 3.18. The van der Waals surface area contributed by atoms with Crippen molar-refractivity contribution in [3.63, 3.8) is 0 Å². The molecule has 1 N–H and O–H groups in total. The molecule has 0 spiro atoms. The maximum absolute atomic E-state index is 6.05. The first-order valence-electron chi connectivity index (χ1n) is 9.41. The first-order valence-corrected chi connectivity index (χ1v) is 9.79. The Labute approximate surface area is 179 Å². The van der Waals surface area contributed by atoms with Gasteiger partial charge >= 0.3 is 0 Å². The topological polar surface area (TPSA) is 55.7 Å². The van der Waals surface area contributed by atoms with E-state index in [-0.39, 0.29) is 0 Å². The van der Waals surface area contributed by atoms with Crippen LogP contribution in [0, 0.1) is 0 Å². The molecule has 0 amide bonds. The van der Waals surface area contributed by atoms with Crippen LogP contribution in [-0.2, 0) is 6.61 Å². The Hall–Kier alpha value is -3.57. The molecule has 1 heterocycles. The highest BCUT2D eigenvalue weighted by molar-refractivity contribution is 6.31. The van der Waals surface area contributed by atoms with E-state index in [2.05, 4.69) is 15.5 Å². The zero-order chi connectivity index (χ0) is 20.8. The van der Waals surface area contributed by atoms with Crippen LogP contribution in [0.1, 0.15) is 11.1 Å². The van der Waals surface area contributed by atoms with E-state index in [1.165, 1.54) is 0 Å². The zero-order valence-electron chi connectivity index (χ0n) is 16.4. The number of nitrogens with zero attached hydrogens (tertiary/aromatic N) is 2. The fourth-order valence-electron chi connectivity index (χ4n) is 3.02. The summed E-state index contributed by atoms with van der Waals surface area (Å²) in [7, 11) is 1.63. The van der Waals surface area contributed by atoms with Crippen LogP contribution in [0.2, 0.25) is 5.02 Å². The quantitative estimate of drug-likeness (QED) is 0.299. The van der Waals surface area contributed by atoms with Crippen LogP contribution in [0.4, 0.5) is 5.69 Å². The van der Waals surface area contributed by atoms with Gasteiger partial charge in [-0.3, -0.25) is 10.4 Å². The van der Waals surface area contributed by atoms with Gasteiger partial charge in [-0.15, -0.1) is 0 Å². The van der Waals surface area contributed by atoms with Gasteiger partial charge in [0, 0.05) is 16.6 Å². The van der Waals surface area contributed by atoms with Crippen molar-refractivity contribution in [3.05, 3.63) is 95.1 Å². The third-order valence-corrected chi connectivity index (χ3v) is 4.76. The largest absolute Gasteiger partial charge is 0.493 e. The first kappa shape index (κ1) is 19.7. The normalized spacial score (nSPS) is 11.0. The van der Waals surface area contributed by atoms with Gasteiger partial charge < -0.3 is 9.47 Å². The van der Waals surface area contributed by atoms with Gasteiger partial charge in [0.25, 0.3) is 0 Å². The molecule has 5 nitrogen and oxygen atoms in total. The summed E-state index contributed by atoms with van der Waals surface area (Å²) in [6, 6.07) is 23.1. The summed E-state index contributed by atoms with van der Waals surface area (Å²) in [6.45, 7) is 0.460. The Balaban J connectivity index is 1.50. The van der Waals surface area contributed by atoms with E-state index in [0.717, 1.165) is 27.7 Å². The molecule has 0 radical (unpaired) electrons. The molecule has 0 fully saturated rings. The van der Waals surface area contributed by atoms with Gasteiger partial charge in [-0.2, -0.15) is 5.10 Å². The van der Waals surface area contributed by atoms with Crippen molar-refractivity contribution in [3.8, 4) is 11.5 Å². The van der Waals surface area contributed by atoms with Crippen molar-refractivity contribution in [1.82, 2.24) is 4.98 Å². The minimum absolute atomic E-state index is 0.460. The van der Waals surface area contributed by atoms with Crippen LogP contribution in [-0.4, -0.2) is 18.3 Å². The number of halogens is 1. The molecule has 4 rings (SSSR count). The van der Waals surface area contributed by atoms with Crippen LogP contribution in [0.25, 0.3) is 10.9 Å². The third kappa shape index (κ3) is 4.70. The van der Waals surface area contributed by atoms with E-state index < -0.39 is 0 Å². The molecule has 1 aromatic heterocycles. The lowest BCUT2D eigenvalue weighted by Gasteiger charge is -2.11. The molecular weight excluding hydrogens is 398 g/mol. The highest BCUT2D eigenvalue weighted by Crippen LogP contribution is 2.29. The Morgan fingerprint density at radius 1 is 1.00 bits per heavy atom. The van der Waals surface area contributed by atoms with Crippen LogP contribution >= 0.6 is 11.6 Å². The molecule has 4 aromatic rings. The second-order valence-corrected chi connectivity index (χ2v) is 7.01. The summed E-state index contributed by atoms with van der Waals surface area (Å²) in [5.41, 5.74) is 6.70. The van der Waals surface area contributed by atoms with Crippen LogP contribution in [0.15, 0.2) is 84.1 Å². The molecule has 0 atom stereocenters. The number of hydrogen-bond acceptors (Lipinski definition) is 5. The van der Waals surface area contributed by atoms with Crippen molar-refractivity contribution in [2.75, 3.05) is 12.5 Å². The van der Waals surface area contributed by atoms with Crippen molar-refractivity contribution >= 4 is 34.4 Å². The number of methoxy groups -OCH3 is 1. The number of pyridine rings is 1. The van der Waals surface area contributed by atoms with Crippen molar-refractivity contribution in [2.45, 2.75) is 6.61 Å². The van der Waals surface area contributed by atoms with Crippen molar-refractivity contribution < 1.29 is 9.47 Å². The first-order chi connectivity index (χ1) is 14.7. The SMILES string of the molecule is COc1ccc(C=NNc2ccnc3cc(Cl)ccc23)cc1OCc1ccccc1. The van der Waals surface area contributed by atoms with E-state index in [1.54, 1.807) is 19.5 Å². The van der Waals surface area contributed by atoms with Gasteiger partial charge in [0.1, 0.15) is 6.61 Å². The third-order valence-electron chi connectivity index (χ3n) is 4.53. The number of hydrazone groups is 1. The lowest BCUT2D eigenvalue weighted by molar-refractivity contribution is 0.284. The number of hydrogen-bond donors (Lipinski definition) is 1. The van der Waals surface area contributed by atoms with Gasteiger partial charge in [-0.25, -0.2) is 0 Å². The second kappa shape index (κ2) is 9.29. The molecule has 0 saturated heterocycles. The summed E-state index contributed by atoms with van der Waals surface area (Å²) in [5.74, 6) is 1.34. The molecule has 6 heteroatoms. The molecule has 0 unspecified atom stereocenters. The summed E-state index contributed by atoms with van der Waals surface area (Å²) < 4.78 is 11.4. The number of ether oxygens (including phenoxy) is 2. The fraction of sp³-hybridized carbons (Fsp3) is 0.0833. The summed E-state index contributed by atoms with van der Waals surface area (Å²) >= 11 is 6.05.